The summed E-state index contributed by atoms with van der Waals surface area (Å²) in [7, 11) is 0. The number of nitrogens with zero attached hydrogens (tertiary/aromatic N) is 2. The maximum absolute atomic E-state index is 12.1. The summed E-state index contributed by atoms with van der Waals surface area (Å²) in [6.45, 7) is 0. The van der Waals surface area contributed by atoms with Gasteiger partial charge in [0.05, 0.1) is 22.2 Å². The van der Waals surface area contributed by atoms with E-state index in [4.69, 9.17) is 11.0 Å². The number of nitrogen functional groups attached to an aromatic ring is 1. The molecule has 2 heterocycles. The molecule has 0 aliphatic heterocycles. The molecule has 0 atom stereocenters. The summed E-state index contributed by atoms with van der Waals surface area (Å²) in [5.74, 6) is -0.0798. The zero-order valence-corrected chi connectivity index (χ0v) is 14.3. The number of aromatic nitrogens is 1. The lowest BCUT2D eigenvalue weighted by Crippen LogP contribution is -2.12. The van der Waals surface area contributed by atoms with E-state index in [1.54, 1.807) is 35.6 Å². The molecule has 3 aromatic rings. The molecule has 0 saturated heterocycles. The quantitative estimate of drug-likeness (QED) is 0.727. The zero-order chi connectivity index (χ0) is 16.9. The SMILES string of the molecule is N#Cc1ccc(NC(=O)CCc2sc(N)nc2-c2cccs2)cc1. The number of nitriles is 1. The summed E-state index contributed by atoms with van der Waals surface area (Å²) in [5, 5.41) is 14.1. The molecule has 0 bridgehead atoms. The first-order valence-corrected chi connectivity index (χ1v) is 8.94. The summed E-state index contributed by atoms with van der Waals surface area (Å²) in [6, 6.07) is 12.8. The Morgan fingerprint density at radius 1 is 1.29 bits per heavy atom. The molecule has 3 N–H and O–H groups in total. The van der Waals surface area contributed by atoms with Gasteiger partial charge in [-0.3, -0.25) is 4.79 Å². The van der Waals surface area contributed by atoms with Crippen LogP contribution in [0.25, 0.3) is 10.6 Å². The average molecular weight is 354 g/mol. The summed E-state index contributed by atoms with van der Waals surface area (Å²) < 4.78 is 0. The van der Waals surface area contributed by atoms with Gasteiger partial charge in [0, 0.05) is 17.0 Å². The molecule has 3 rings (SSSR count). The predicted molar refractivity (Wildman–Crippen MR) is 97.9 cm³/mol. The fourth-order valence-electron chi connectivity index (χ4n) is 2.22. The van der Waals surface area contributed by atoms with E-state index in [9.17, 15) is 4.79 Å². The van der Waals surface area contributed by atoms with E-state index >= 15 is 0 Å². The fourth-order valence-corrected chi connectivity index (χ4v) is 3.88. The highest BCUT2D eigenvalue weighted by atomic mass is 32.1. The fraction of sp³-hybridized carbons (Fsp3) is 0.118. The van der Waals surface area contributed by atoms with Crippen molar-refractivity contribution in [3.63, 3.8) is 0 Å². The number of amides is 1. The number of aryl methyl sites for hydroxylation is 1. The van der Waals surface area contributed by atoms with Crippen molar-refractivity contribution in [2.24, 2.45) is 0 Å². The molecule has 0 spiro atoms. The van der Waals surface area contributed by atoms with Crippen molar-refractivity contribution in [2.75, 3.05) is 11.1 Å². The second-order valence-corrected chi connectivity index (χ2v) is 7.10. The summed E-state index contributed by atoms with van der Waals surface area (Å²) in [4.78, 5) is 18.6. The lowest BCUT2D eigenvalue weighted by atomic mass is 10.2. The van der Waals surface area contributed by atoms with Crippen LogP contribution in [0.4, 0.5) is 10.8 Å². The number of nitrogens with two attached hydrogens (primary N) is 1. The largest absolute Gasteiger partial charge is 0.375 e. The Bertz CT molecular complexity index is 876. The number of thiazole rings is 1. The highest BCUT2D eigenvalue weighted by Crippen LogP contribution is 2.33. The molecule has 7 heteroatoms. The molecule has 0 aliphatic rings. The number of nitrogens with one attached hydrogen (secondary N) is 1. The van der Waals surface area contributed by atoms with Crippen molar-refractivity contribution >= 4 is 39.4 Å². The number of hydrogen-bond acceptors (Lipinski definition) is 6. The van der Waals surface area contributed by atoms with Gasteiger partial charge in [0.25, 0.3) is 0 Å². The van der Waals surface area contributed by atoms with Crippen LogP contribution in [0.5, 0.6) is 0 Å². The van der Waals surface area contributed by atoms with Gasteiger partial charge in [0.1, 0.15) is 0 Å². The number of carbonyl (C=O) groups excluding carboxylic acids is 1. The minimum Gasteiger partial charge on any atom is -0.375 e. The van der Waals surface area contributed by atoms with E-state index < -0.39 is 0 Å². The highest BCUT2D eigenvalue weighted by molar-refractivity contribution is 7.17. The minimum atomic E-state index is -0.0798. The van der Waals surface area contributed by atoms with Crippen LogP contribution in [0, 0.1) is 11.3 Å². The third kappa shape index (κ3) is 3.79. The lowest BCUT2D eigenvalue weighted by molar-refractivity contribution is -0.116. The molecule has 0 aliphatic carbocycles. The van der Waals surface area contributed by atoms with Crippen molar-refractivity contribution in [3.8, 4) is 16.6 Å². The predicted octanol–water partition coefficient (Wildman–Crippen LogP) is 3.90. The Kier molecular flexibility index (Phi) is 4.89. The van der Waals surface area contributed by atoms with E-state index in [1.807, 2.05) is 23.6 Å². The third-order valence-corrected chi connectivity index (χ3v) is 5.17. The number of hydrogen-bond donors (Lipinski definition) is 2. The van der Waals surface area contributed by atoms with E-state index in [1.165, 1.54) is 11.3 Å². The van der Waals surface area contributed by atoms with Crippen molar-refractivity contribution in [1.82, 2.24) is 4.98 Å². The van der Waals surface area contributed by atoms with E-state index in [2.05, 4.69) is 10.3 Å². The molecule has 1 amide bonds. The summed E-state index contributed by atoms with van der Waals surface area (Å²) in [5.41, 5.74) is 7.95. The number of rotatable bonds is 5. The van der Waals surface area contributed by atoms with Gasteiger partial charge in [0.15, 0.2) is 5.13 Å². The monoisotopic (exact) mass is 354 g/mol. The number of thiophene rings is 1. The van der Waals surface area contributed by atoms with Crippen molar-refractivity contribution < 1.29 is 4.79 Å². The van der Waals surface area contributed by atoms with Crippen LogP contribution in [0.1, 0.15) is 16.9 Å². The highest BCUT2D eigenvalue weighted by Gasteiger charge is 2.14. The minimum absolute atomic E-state index is 0.0798. The number of anilines is 2. The van der Waals surface area contributed by atoms with E-state index in [0.29, 0.717) is 29.2 Å². The molecule has 0 saturated carbocycles. The molecule has 1 aromatic carbocycles. The van der Waals surface area contributed by atoms with Crippen LogP contribution < -0.4 is 11.1 Å². The second-order valence-electron chi connectivity index (χ2n) is 5.04. The Morgan fingerprint density at radius 2 is 2.08 bits per heavy atom. The van der Waals surface area contributed by atoms with Gasteiger partial charge in [-0.25, -0.2) is 4.98 Å². The first-order valence-electron chi connectivity index (χ1n) is 7.25. The second kappa shape index (κ2) is 7.25. The van der Waals surface area contributed by atoms with Crippen molar-refractivity contribution in [3.05, 3.63) is 52.2 Å². The molecule has 0 unspecified atom stereocenters. The molecule has 5 nitrogen and oxygen atoms in total. The Hall–Kier alpha value is -2.69. The van der Waals surface area contributed by atoms with Gasteiger partial charge >= 0.3 is 0 Å². The topological polar surface area (TPSA) is 91.8 Å². The molecule has 2 aromatic heterocycles. The normalized spacial score (nSPS) is 10.3. The molecule has 0 fully saturated rings. The number of carbonyl (C=O) groups is 1. The van der Waals surface area contributed by atoms with E-state index in [-0.39, 0.29) is 5.91 Å². The number of benzene rings is 1. The third-order valence-electron chi connectivity index (χ3n) is 3.35. The van der Waals surface area contributed by atoms with Crippen molar-refractivity contribution in [2.45, 2.75) is 12.8 Å². The lowest BCUT2D eigenvalue weighted by Gasteiger charge is -2.05. The maximum atomic E-state index is 12.1. The maximum Gasteiger partial charge on any atom is 0.224 e. The van der Waals surface area contributed by atoms with Gasteiger partial charge < -0.3 is 11.1 Å². The average Bonchev–Trinajstić information content (AvgIpc) is 3.23. The Labute approximate surface area is 147 Å². The Balaban J connectivity index is 1.63. The van der Waals surface area contributed by atoms with Crippen molar-refractivity contribution in [1.29, 1.82) is 5.26 Å². The van der Waals surface area contributed by atoms with E-state index in [0.717, 1.165) is 15.4 Å². The summed E-state index contributed by atoms with van der Waals surface area (Å²) >= 11 is 3.03. The molecular weight excluding hydrogens is 340 g/mol. The molecule has 120 valence electrons. The zero-order valence-electron chi connectivity index (χ0n) is 12.7. The molecule has 24 heavy (non-hydrogen) atoms. The van der Waals surface area contributed by atoms with Crippen LogP contribution in [-0.2, 0) is 11.2 Å². The van der Waals surface area contributed by atoms with Gasteiger partial charge in [-0.05, 0) is 42.1 Å². The van der Waals surface area contributed by atoms with Gasteiger partial charge in [-0.15, -0.1) is 22.7 Å². The smallest absolute Gasteiger partial charge is 0.224 e. The Morgan fingerprint density at radius 3 is 2.75 bits per heavy atom. The van der Waals surface area contributed by atoms with Crippen LogP contribution in [0.2, 0.25) is 0 Å². The first kappa shape index (κ1) is 16.2. The van der Waals surface area contributed by atoms with Gasteiger partial charge in [-0.1, -0.05) is 6.07 Å². The standard InChI is InChI=1S/C17H14N4OS2/c18-10-11-3-5-12(6-4-11)20-15(22)8-7-14-16(21-17(19)24-14)13-2-1-9-23-13/h1-6,9H,7-8H2,(H2,19,21)(H,20,22). The van der Waals surface area contributed by atoms with Crippen LogP contribution in [-0.4, -0.2) is 10.9 Å². The van der Waals surface area contributed by atoms with Gasteiger partial charge in [-0.2, -0.15) is 5.26 Å². The first-order chi connectivity index (χ1) is 11.7. The molecular formula is C17H14N4OS2. The van der Waals surface area contributed by atoms with Crippen LogP contribution in [0.15, 0.2) is 41.8 Å². The summed E-state index contributed by atoms with van der Waals surface area (Å²) in [6.07, 6.45) is 0.935. The molecule has 0 radical (unpaired) electrons. The van der Waals surface area contributed by atoms with Gasteiger partial charge in [0.2, 0.25) is 5.91 Å². The van der Waals surface area contributed by atoms with Crippen LogP contribution in [0.3, 0.4) is 0 Å². The van der Waals surface area contributed by atoms with Crippen LogP contribution >= 0.6 is 22.7 Å².